The molecule has 0 atom stereocenters. The zero-order valence-corrected chi connectivity index (χ0v) is 13.1. The highest BCUT2D eigenvalue weighted by Crippen LogP contribution is 2.34. The minimum Gasteiger partial charge on any atom is -0.454 e. The molecule has 2 aromatic carbocycles. The molecule has 0 unspecified atom stereocenters. The summed E-state index contributed by atoms with van der Waals surface area (Å²) in [6.45, 7) is 0.323. The van der Waals surface area contributed by atoms with Gasteiger partial charge >= 0.3 is 0 Å². The molecule has 1 N–H and O–H groups in total. The summed E-state index contributed by atoms with van der Waals surface area (Å²) in [5.41, 5.74) is 0.876. The minimum absolute atomic E-state index is 0.0986. The molecule has 1 amide bonds. The number of amides is 1. The molecule has 1 aliphatic heterocycles. The molecule has 0 fully saturated rings. The smallest absolute Gasteiger partial charge is 0.277 e. The monoisotopic (exact) mass is 338 g/mol. The van der Waals surface area contributed by atoms with E-state index in [1.54, 1.807) is 42.5 Å². The van der Waals surface area contributed by atoms with Crippen LogP contribution >= 0.6 is 0 Å². The van der Waals surface area contributed by atoms with E-state index in [4.69, 9.17) is 9.47 Å². The highest BCUT2D eigenvalue weighted by molar-refractivity contribution is 5.91. The van der Waals surface area contributed by atoms with Crippen LogP contribution in [0.2, 0.25) is 0 Å². The van der Waals surface area contributed by atoms with Crippen molar-refractivity contribution in [2.24, 2.45) is 0 Å². The normalized spacial score (nSPS) is 12.3. The van der Waals surface area contributed by atoms with Gasteiger partial charge in [0.1, 0.15) is 5.52 Å². The van der Waals surface area contributed by atoms with E-state index in [9.17, 15) is 9.59 Å². The third kappa shape index (κ3) is 3.01. The lowest BCUT2D eigenvalue weighted by molar-refractivity contribution is -0.116. The summed E-state index contributed by atoms with van der Waals surface area (Å²) in [7, 11) is 0. The number of hydrogen-bond donors (Lipinski definition) is 1. The Labute approximate surface area is 142 Å². The molecule has 1 aliphatic rings. The van der Waals surface area contributed by atoms with Gasteiger partial charge < -0.3 is 14.8 Å². The van der Waals surface area contributed by atoms with Crippen molar-refractivity contribution in [2.75, 3.05) is 12.1 Å². The van der Waals surface area contributed by atoms with Gasteiger partial charge in [0.25, 0.3) is 5.56 Å². The SMILES string of the molecule is O=C(CCn1nnc2ccccc2c1=O)Nc1ccc2c(c1)OCO2. The fourth-order valence-corrected chi connectivity index (χ4v) is 2.58. The van der Waals surface area contributed by atoms with E-state index in [0.717, 1.165) is 0 Å². The number of carbonyl (C=O) groups is 1. The molecule has 0 radical (unpaired) electrons. The van der Waals surface area contributed by atoms with Gasteiger partial charge in [0.05, 0.1) is 11.9 Å². The van der Waals surface area contributed by atoms with Gasteiger partial charge in [0.15, 0.2) is 11.5 Å². The quantitative estimate of drug-likeness (QED) is 0.775. The van der Waals surface area contributed by atoms with Crippen LogP contribution in [-0.4, -0.2) is 27.7 Å². The molecular weight excluding hydrogens is 324 g/mol. The van der Waals surface area contributed by atoms with Crippen molar-refractivity contribution < 1.29 is 14.3 Å². The second-order valence-electron chi connectivity index (χ2n) is 5.50. The summed E-state index contributed by atoms with van der Waals surface area (Å²) in [5.74, 6) is 1.01. The number of fused-ring (bicyclic) bond motifs is 2. The number of nitrogens with one attached hydrogen (secondary N) is 1. The first-order valence-corrected chi connectivity index (χ1v) is 7.73. The molecule has 0 saturated carbocycles. The third-order valence-electron chi connectivity index (χ3n) is 3.84. The predicted molar refractivity (Wildman–Crippen MR) is 89.6 cm³/mol. The fourth-order valence-electron chi connectivity index (χ4n) is 2.58. The molecule has 8 heteroatoms. The molecule has 3 aromatic rings. The van der Waals surface area contributed by atoms with Crippen LogP contribution in [-0.2, 0) is 11.3 Å². The zero-order valence-electron chi connectivity index (χ0n) is 13.1. The lowest BCUT2D eigenvalue weighted by Crippen LogP contribution is -2.26. The maximum atomic E-state index is 12.3. The van der Waals surface area contributed by atoms with Crippen LogP contribution in [0.5, 0.6) is 11.5 Å². The van der Waals surface area contributed by atoms with E-state index in [0.29, 0.717) is 28.1 Å². The maximum absolute atomic E-state index is 12.3. The summed E-state index contributed by atoms with van der Waals surface area (Å²) in [5, 5.41) is 11.1. The molecule has 1 aromatic heterocycles. The summed E-state index contributed by atoms with van der Waals surface area (Å²) >= 11 is 0. The van der Waals surface area contributed by atoms with Gasteiger partial charge in [0, 0.05) is 18.2 Å². The molecule has 0 bridgehead atoms. The number of hydrogen-bond acceptors (Lipinski definition) is 6. The predicted octanol–water partition coefficient (Wildman–Crippen LogP) is 1.55. The highest BCUT2D eigenvalue weighted by Gasteiger charge is 2.14. The Kier molecular flexibility index (Phi) is 3.77. The van der Waals surface area contributed by atoms with Crippen molar-refractivity contribution in [3.05, 3.63) is 52.8 Å². The summed E-state index contributed by atoms with van der Waals surface area (Å²) in [6, 6.07) is 12.1. The number of rotatable bonds is 4. The number of carbonyl (C=O) groups excluding carboxylic acids is 1. The minimum atomic E-state index is -0.263. The number of nitrogens with zero attached hydrogens (tertiary/aromatic N) is 3. The first-order chi connectivity index (χ1) is 12.2. The fraction of sp³-hybridized carbons (Fsp3) is 0.176. The van der Waals surface area contributed by atoms with Crippen LogP contribution in [0.4, 0.5) is 5.69 Å². The van der Waals surface area contributed by atoms with Crippen LogP contribution in [0.25, 0.3) is 10.9 Å². The van der Waals surface area contributed by atoms with E-state index in [2.05, 4.69) is 15.6 Å². The lowest BCUT2D eigenvalue weighted by atomic mass is 10.2. The molecule has 25 heavy (non-hydrogen) atoms. The second-order valence-corrected chi connectivity index (χ2v) is 5.50. The van der Waals surface area contributed by atoms with Gasteiger partial charge in [-0.25, -0.2) is 4.68 Å². The Bertz CT molecular complexity index is 1010. The van der Waals surface area contributed by atoms with Crippen LogP contribution < -0.4 is 20.3 Å². The van der Waals surface area contributed by atoms with Crippen LogP contribution in [0.1, 0.15) is 6.42 Å². The molecular formula is C17H14N4O4. The second kappa shape index (κ2) is 6.23. The van der Waals surface area contributed by atoms with Gasteiger partial charge in [-0.2, -0.15) is 0 Å². The number of benzene rings is 2. The maximum Gasteiger partial charge on any atom is 0.277 e. The number of ether oxygens (including phenoxy) is 2. The topological polar surface area (TPSA) is 95.3 Å². The summed E-state index contributed by atoms with van der Waals surface area (Å²) < 4.78 is 11.7. The van der Waals surface area contributed by atoms with Crippen molar-refractivity contribution in [3.8, 4) is 11.5 Å². The molecule has 0 aliphatic carbocycles. The van der Waals surface area contributed by atoms with Crippen LogP contribution in [0.3, 0.4) is 0 Å². The highest BCUT2D eigenvalue weighted by atomic mass is 16.7. The first kappa shape index (κ1) is 15.1. The lowest BCUT2D eigenvalue weighted by Gasteiger charge is -2.07. The van der Waals surface area contributed by atoms with Gasteiger partial charge in [-0.3, -0.25) is 9.59 Å². The molecule has 0 saturated heterocycles. The Morgan fingerprint density at radius 1 is 1.16 bits per heavy atom. The van der Waals surface area contributed by atoms with Crippen molar-refractivity contribution in [1.82, 2.24) is 15.0 Å². The van der Waals surface area contributed by atoms with Crippen LogP contribution in [0.15, 0.2) is 47.3 Å². The third-order valence-corrected chi connectivity index (χ3v) is 3.84. The first-order valence-electron chi connectivity index (χ1n) is 7.73. The van der Waals surface area contributed by atoms with Crippen LogP contribution in [0, 0.1) is 0 Å². The van der Waals surface area contributed by atoms with Crippen molar-refractivity contribution >= 4 is 22.5 Å². The Hall–Kier alpha value is -3.42. The molecule has 126 valence electrons. The van der Waals surface area contributed by atoms with Crippen molar-refractivity contribution in [1.29, 1.82) is 0 Å². The Morgan fingerprint density at radius 3 is 2.92 bits per heavy atom. The molecule has 2 heterocycles. The van der Waals surface area contributed by atoms with E-state index in [1.807, 2.05) is 0 Å². The Balaban J connectivity index is 1.44. The molecule has 8 nitrogen and oxygen atoms in total. The average Bonchev–Trinajstić information content (AvgIpc) is 3.09. The number of aromatic nitrogens is 3. The van der Waals surface area contributed by atoms with Gasteiger partial charge in [-0.1, -0.05) is 17.3 Å². The van der Waals surface area contributed by atoms with Gasteiger partial charge in [0.2, 0.25) is 12.7 Å². The van der Waals surface area contributed by atoms with E-state index in [1.165, 1.54) is 4.68 Å². The van der Waals surface area contributed by atoms with Crippen molar-refractivity contribution in [2.45, 2.75) is 13.0 Å². The average molecular weight is 338 g/mol. The number of anilines is 1. The van der Waals surface area contributed by atoms with Gasteiger partial charge in [-0.05, 0) is 24.3 Å². The number of aryl methyl sites for hydroxylation is 1. The summed E-state index contributed by atoms with van der Waals surface area (Å²) in [6.07, 6.45) is 0.0986. The summed E-state index contributed by atoms with van der Waals surface area (Å²) in [4.78, 5) is 24.4. The van der Waals surface area contributed by atoms with E-state index < -0.39 is 0 Å². The van der Waals surface area contributed by atoms with Crippen molar-refractivity contribution in [3.63, 3.8) is 0 Å². The standard InChI is InChI=1S/C17H14N4O4/c22-16(18-11-5-6-14-15(9-11)25-10-24-14)7-8-21-17(23)12-3-1-2-4-13(12)19-20-21/h1-6,9H,7-8,10H2,(H,18,22). The van der Waals surface area contributed by atoms with E-state index in [-0.39, 0.29) is 31.2 Å². The molecule has 4 rings (SSSR count). The van der Waals surface area contributed by atoms with E-state index >= 15 is 0 Å². The molecule has 0 spiro atoms. The van der Waals surface area contributed by atoms with Gasteiger partial charge in [-0.15, -0.1) is 5.10 Å². The Morgan fingerprint density at radius 2 is 2.00 bits per heavy atom. The largest absolute Gasteiger partial charge is 0.454 e. The zero-order chi connectivity index (χ0) is 17.2.